The molecule has 0 aromatic heterocycles. The summed E-state index contributed by atoms with van der Waals surface area (Å²) in [6, 6.07) is 7.47. The number of ether oxygens (including phenoxy) is 1. The number of halogens is 4. The molecule has 1 rings (SSSR count). The Balaban J connectivity index is 0.00000441. The van der Waals surface area contributed by atoms with E-state index in [-0.39, 0.29) is 30.5 Å². The molecule has 0 heterocycles. The van der Waals surface area contributed by atoms with E-state index in [1.165, 1.54) is 0 Å². The van der Waals surface area contributed by atoms with Crippen molar-refractivity contribution in [3.8, 4) is 5.75 Å². The summed E-state index contributed by atoms with van der Waals surface area (Å²) < 4.78 is 41.4. The van der Waals surface area contributed by atoms with Gasteiger partial charge < -0.3 is 15.0 Å². The van der Waals surface area contributed by atoms with Gasteiger partial charge in [0.25, 0.3) is 0 Å². The van der Waals surface area contributed by atoms with Crippen LogP contribution in [-0.2, 0) is 6.54 Å². The second-order valence-corrected chi connectivity index (χ2v) is 4.54. The normalized spacial score (nSPS) is 11.6. The van der Waals surface area contributed by atoms with E-state index in [2.05, 4.69) is 10.3 Å². The minimum absolute atomic E-state index is 0. The largest absolute Gasteiger partial charge is 0.497 e. The quantitative estimate of drug-likeness (QED) is 0.442. The van der Waals surface area contributed by atoms with E-state index in [0.29, 0.717) is 12.5 Å². The number of nitrogens with one attached hydrogen (secondary N) is 1. The van der Waals surface area contributed by atoms with Gasteiger partial charge in [-0.05, 0) is 17.7 Å². The zero-order chi connectivity index (χ0) is 15.9. The molecule has 0 radical (unpaired) electrons. The molecule has 0 aliphatic heterocycles. The zero-order valence-corrected chi connectivity index (χ0v) is 15.1. The van der Waals surface area contributed by atoms with E-state index in [4.69, 9.17) is 4.74 Å². The lowest BCUT2D eigenvalue weighted by Crippen LogP contribution is -2.39. The molecule has 1 aromatic rings. The lowest BCUT2D eigenvalue weighted by Gasteiger charge is -2.22. The van der Waals surface area contributed by atoms with Crippen molar-refractivity contribution < 1.29 is 17.9 Å². The van der Waals surface area contributed by atoms with Gasteiger partial charge in [0, 0.05) is 27.2 Å². The molecule has 0 aliphatic carbocycles. The maximum absolute atomic E-state index is 12.1. The Bertz CT molecular complexity index is 463. The van der Waals surface area contributed by atoms with E-state index in [9.17, 15) is 13.2 Å². The van der Waals surface area contributed by atoms with Gasteiger partial charge in [-0.3, -0.25) is 4.99 Å². The topological polar surface area (TPSA) is 36.9 Å². The summed E-state index contributed by atoms with van der Waals surface area (Å²) in [7, 11) is 4.90. The highest BCUT2D eigenvalue weighted by Crippen LogP contribution is 2.18. The average molecular weight is 431 g/mol. The number of benzene rings is 1. The van der Waals surface area contributed by atoms with Gasteiger partial charge in [0.2, 0.25) is 0 Å². The third-order valence-electron chi connectivity index (χ3n) is 2.84. The minimum Gasteiger partial charge on any atom is -0.497 e. The van der Waals surface area contributed by atoms with Gasteiger partial charge in [0.15, 0.2) is 5.96 Å². The highest BCUT2D eigenvalue weighted by Gasteiger charge is 2.26. The Labute approximate surface area is 145 Å². The summed E-state index contributed by atoms with van der Waals surface area (Å²) in [4.78, 5) is 5.74. The van der Waals surface area contributed by atoms with Crippen molar-refractivity contribution in [1.82, 2.24) is 10.2 Å². The fourth-order valence-electron chi connectivity index (χ4n) is 1.78. The molecule has 4 nitrogen and oxygen atoms in total. The molecule has 0 bridgehead atoms. The SMILES string of the molecule is CN=C(NCCC(F)(F)F)N(C)Cc1ccc(OC)cc1.I. The van der Waals surface area contributed by atoms with Crippen molar-refractivity contribution in [3.05, 3.63) is 29.8 Å². The molecule has 0 unspecified atom stereocenters. The van der Waals surface area contributed by atoms with Crippen LogP contribution in [0, 0.1) is 0 Å². The van der Waals surface area contributed by atoms with Crippen LogP contribution in [0.25, 0.3) is 0 Å². The van der Waals surface area contributed by atoms with Gasteiger partial charge in [0.05, 0.1) is 13.5 Å². The summed E-state index contributed by atoms with van der Waals surface area (Å²) in [5, 5.41) is 2.70. The molecule has 126 valence electrons. The minimum atomic E-state index is -4.17. The Morgan fingerprint density at radius 2 is 1.86 bits per heavy atom. The first-order valence-corrected chi connectivity index (χ1v) is 6.47. The highest BCUT2D eigenvalue weighted by molar-refractivity contribution is 14.0. The molecule has 0 saturated carbocycles. The number of methoxy groups -OCH3 is 1. The fraction of sp³-hybridized carbons (Fsp3) is 0.500. The number of hydrogen-bond acceptors (Lipinski definition) is 2. The molecule has 0 saturated heterocycles. The van der Waals surface area contributed by atoms with Gasteiger partial charge in [-0.15, -0.1) is 24.0 Å². The smallest absolute Gasteiger partial charge is 0.390 e. The molecule has 1 aromatic carbocycles. The van der Waals surface area contributed by atoms with Gasteiger partial charge in [0.1, 0.15) is 5.75 Å². The maximum atomic E-state index is 12.1. The summed E-state index contributed by atoms with van der Waals surface area (Å²) in [6.45, 7) is 0.346. The number of rotatable bonds is 5. The number of hydrogen-bond donors (Lipinski definition) is 1. The maximum Gasteiger partial charge on any atom is 0.390 e. The van der Waals surface area contributed by atoms with Crippen LogP contribution in [0.5, 0.6) is 5.75 Å². The third-order valence-corrected chi connectivity index (χ3v) is 2.84. The molecular weight excluding hydrogens is 410 g/mol. The Kier molecular flexibility index (Phi) is 9.22. The molecule has 0 atom stereocenters. The van der Waals surface area contributed by atoms with E-state index in [0.717, 1.165) is 11.3 Å². The summed E-state index contributed by atoms with van der Waals surface area (Å²) in [5.41, 5.74) is 1.01. The first-order chi connectivity index (χ1) is 9.85. The lowest BCUT2D eigenvalue weighted by molar-refractivity contribution is -0.132. The molecule has 0 fully saturated rings. The van der Waals surface area contributed by atoms with Crippen molar-refractivity contribution in [3.63, 3.8) is 0 Å². The number of aliphatic imine (C=N–C) groups is 1. The van der Waals surface area contributed by atoms with Crippen LogP contribution in [0.3, 0.4) is 0 Å². The Hall–Kier alpha value is -1.19. The second kappa shape index (κ2) is 9.75. The first-order valence-electron chi connectivity index (χ1n) is 6.47. The molecule has 8 heteroatoms. The molecule has 1 N–H and O–H groups in total. The Morgan fingerprint density at radius 1 is 1.27 bits per heavy atom. The van der Waals surface area contributed by atoms with Gasteiger partial charge >= 0.3 is 6.18 Å². The van der Waals surface area contributed by atoms with Crippen LogP contribution in [0.15, 0.2) is 29.3 Å². The summed E-state index contributed by atoms with van der Waals surface area (Å²) in [5.74, 6) is 1.18. The number of nitrogens with zero attached hydrogens (tertiary/aromatic N) is 2. The first kappa shape index (κ1) is 20.8. The van der Waals surface area contributed by atoms with Crippen LogP contribution >= 0.6 is 24.0 Å². The second-order valence-electron chi connectivity index (χ2n) is 4.54. The molecule has 0 spiro atoms. The van der Waals surface area contributed by atoms with Crippen LogP contribution in [0.4, 0.5) is 13.2 Å². The standard InChI is InChI=1S/C14H20F3N3O.HI/c1-18-13(19-9-8-14(15,16)17)20(2)10-11-4-6-12(21-3)7-5-11;/h4-7H,8-10H2,1-3H3,(H,18,19);1H. The average Bonchev–Trinajstić information content (AvgIpc) is 2.43. The Morgan fingerprint density at radius 3 is 2.32 bits per heavy atom. The lowest BCUT2D eigenvalue weighted by atomic mass is 10.2. The molecule has 22 heavy (non-hydrogen) atoms. The van der Waals surface area contributed by atoms with E-state index in [1.54, 1.807) is 26.1 Å². The predicted molar refractivity (Wildman–Crippen MR) is 91.9 cm³/mol. The fourth-order valence-corrected chi connectivity index (χ4v) is 1.78. The molecule has 0 aliphatic rings. The number of guanidine groups is 1. The van der Waals surface area contributed by atoms with Crippen molar-refractivity contribution in [1.29, 1.82) is 0 Å². The molecular formula is C14H21F3IN3O. The van der Waals surface area contributed by atoms with Crippen LogP contribution in [-0.4, -0.2) is 44.8 Å². The summed E-state index contributed by atoms with van der Waals surface area (Å²) >= 11 is 0. The van der Waals surface area contributed by atoms with Gasteiger partial charge in [-0.2, -0.15) is 13.2 Å². The van der Waals surface area contributed by atoms with E-state index in [1.807, 2.05) is 24.3 Å². The number of alkyl halides is 3. The van der Waals surface area contributed by atoms with Gasteiger partial charge in [-0.25, -0.2) is 0 Å². The third kappa shape index (κ3) is 7.71. The zero-order valence-electron chi connectivity index (χ0n) is 12.8. The van der Waals surface area contributed by atoms with Crippen molar-refractivity contribution >= 4 is 29.9 Å². The highest BCUT2D eigenvalue weighted by atomic mass is 127. The van der Waals surface area contributed by atoms with E-state index < -0.39 is 12.6 Å². The van der Waals surface area contributed by atoms with Crippen LogP contribution in [0.2, 0.25) is 0 Å². The summed E-state index contributed by atoms with van der Waals surface area (Å²) in [6.07, 6.45) is -5.05. The van der Waals surface area contributed by atoms with Crippen molar-refractivity contribution in [2.75, 3.05) is 27.7 Å². The van der Waals surface area contributed by atoms with Gasteiger partial charge in [-0.1, -0.05) is 12.1 Å². The monoisotopic (exact) mass is 431 g/mol. The predicted octanol–water partition coefficient (Wildman–Crippen LogP) is 3.27. The van der Waals surface area contributed by atoms with Crippen LogP contribution < -0.4 is 10.1 Å². The van der Waals surface area contributed by atoms with Crippen molar-refractivity contribution in [2.24, 2.45) is 4.99 Å². The van der Waals surface area contributed by atoms with Crippen molar-refractivity contribution in [2.45, 2.75) is 19.1 Å². The molecule has 0 amide bonds. The van der Waals surface area contributed by atoms with E-state index >= 15 is 0 Å². The van der Waals surface area contributed by atoms with Crippen LogP contribution in [0.1, 0.15) is 12.0 Å².